The highest BCUT2D eigenvalue weighted by atomic mass is 32.2. The summed E-state index contributed by atoms with van der Waals surface area (Å²) in [4.78, 5) is 26.2. The molecule has 0 atom stereocenters. The third kappa shape index (κ3) is 3.25. The molecule has 4 rings (SSSR count). The second kappa shape index (κ2) is 7.14. The highest BCUT2D eigenvalue weighted by Gasteiger charge is 2.33. The maximum atomic E-state index is 13.0. The first-order valence-corrected chi connectivity index (χ1v) is 10.8. The van der Waals surface area contributed by atoms with Gasteiger partial charge in [0.1, 0.15) is 0 Å². The lowest BCUT2D eigenvalue weighted by Crippen LogP contribution is -2.40. The Balaban J connectivity index is 1.48. The van der Waals surface area contributed by atoms with Crippen molar-refractivity contribution >= 4 is 27.4 Å². The molecule has 2 aromatic carbocycles. The number of Topliss-reactive ketones (excluding diaryl/α,β-unsaturated/α-hetero) is 1. The quantitative estimate of drug-likeness (QED) is 0.742. The van der Waals surface area contributed by atoms with Crippen LogP contribution in [0.15, 0.2) is 53.4 Å². The predicted molar refractivity (Wildman–Crippen MR) is 106 cm³/mol. The number of carbonyl (C=O) groups excluding carboxylic acids is 2. The van der Waals surface area contributed by atoms with Crippen molar-refractivity contribution in [2.75, 3.05) is 25.0 Å². The largest absolute Gasteiger partial charge is 0.315 e. The average Bonchev–Trinajstić information content (AvgIpc) is 3.01. The summed E-state index contributed by atoms with van der Waals surface area (Å²) in [5.74, 6) is -0.110. The monoisotopic (exact) mass is 398 g/mol. The predicted octanol–water partition coefficient (Wildman–Crippen LogP) is 2.49. The minimum Gasteiger partial charge on any atom is -0.315 e. The summed E-state index contributed by atoms with van der Waals surface area (Å²) in [5, 5.41) is 0. The molecule has 1 fully saturated rings. The fourth-order valence-corrected chi connectivity index (χ4v) is 5.47. The van der Waals surface area contributed by atoms with E-state index in [-0.39, 0.29) is 28.9 Å². The Bertz CT molecular complexity index is 1030. The van der Waals surface area contributed by atoms with Gasteiger partial charge in [-0.3, -0.25) is 9.59 Å². The van der Waals surface area contributed by atoms with Crippen molar-refractivity contribution in [1.29, 1.82) is 0 Å². The van der Waals surface area contributed by atoms with E-state index in [0.29, 0.717) is 31.5 Å². The van der Waals surface area contributed by atoms with E-state index in [9.17, 15) is 18.0 Å². The van der Waals surface area contributed by atoms with E-state index in [0.717, 1.165) is 11.3 Å². The topological polar surface area (TPSA) is 74.8 Å². The Hall–Kier alpha value is -2.51. The molecule has 2 aliphatic heterocycles. The van der Waals surface area contributed by atoms with Crippen LogP contribution in [0.4, 0.5) is 5.69 Å². The highest BCUT2D eigenvalue weighted by molar-refractivity contribution is 7.89. The maximum Gasteiger partial charge on any atom is 0.243 e. The number of fused-ring (bicyclic) bond motifs is 1. The molecule has 6 nitrogen and oxygen atoms in total. The first-order valence-electron chi connectivity index (χ1n) is 9.37. The van der Waals surface area contributed by atoms with Crippen molar-refractivity contribution in [1.82, 2.24) is 4.31 Å². The number of sulfonamides is 1. The van der Waals surface area contributed by atoms with Gasteiger partial charge in [-0.15, -0.1) is 0 Å². The van der Waals surface area contributed by atoms with Gasteiger partial charge in [-0.05, 0) is 36.6 Å². The maximum absolute atomic E-state index is 13.0. The van der Waals surface area contributed by atoms with Crippen LogP contribution in [-0.4, -0.2) is 44.6 Å². The number of amides is 1. The summed E-state index contributed by atoms with van der Waals surface area (Å²) in [5.41, 5.74) is 2.18. The summed E-state index contributed by atoms with van der Waals surface area (Å²) in [6.07, 6.45) is 1.25. The number of hydrogen-bond acceptors (Lipinski definition) is 4. The first-order chi connectivity index (χ1) is 13.4. The van der Waals surface area contributed by atoms with E-state index < -0.39 is 10.0 Å². The Kier molecular flexibility index (Phi) is 4.81. The van der Waals surface area contributed by atoms with Crippen molar-refractivity contribution in [2.24, 2.45) is 5.92 Å². The van der Waals surface area contributed by atoms with Crippen molar-refractivity contribution in [2.45, 2.75) is 24.2 Å². The van der Waals surface area contributed by atoms with Gasteiger partial charge < -0.3 is 4.90 Å². The molecule has 2 heterocycles. The molecule has 0 aromatic heterocycles. The minimum atomic E-state index is -3.64. The number of ketones is 1. The summed E-state index contributed by atoms with van der Waals surface area (Å²) < 4.78 is 27.5. The lowest BCUT2D eigenvalue weighted by molar-refractivity contribution is -0.117. The van der Waals surface area contributed by atoms with Gasteiger partial charge in [-0.2, -0.15) is 4.31 Å². The lowest BCUT2D eigenvalue weighted by atomic mass is 9.90. The fourth-order valence-electron chi connectivity index (χ4n) is 3.95. The zero-order valence-electron chi connectivity index (χ0n) is 15.7. The molecule has 0 aliphatic carbocycles. The highest BCUT2D eigenvalue weighted by Crippen LogP contribution is 2.32. The third-order valence-electron chi connectivity index (χ3n) is 5.65. The summed E-state index contributed by atoms with van der Waals surface area (Å²) in [6.45, 7) is 0.642. The number of nitrogens with zero attached hydrogens (tertiary/aromatic N) is 2. The first kappa shape index (κ1) is 18.8. The number of benzene rings is 2. The smallest absolute Gasteiger partial charge is 0.243 e. The number of piperidine rings is 1. The average molecular weight is 398 g/mol. The number of likely N-dealkylation sites (N-methyl/N-ethyl adjacent to an activating group) is 1. The zero-order valence-corrected chi connectivity index (χ0v) is 16.5. The molecule has 0 spiro atoms. The van der Waals surface area contributed by atoms with E-state index in [2.05, 4.69) is 0 Å². The fraction of sp³-hybridized carbons (Fsp3) is 0.333. The summed E-state index contributed by atoms with van der Waals surface area (Å²) in [7, 11) is -1.95. The molecule has 146 valence electrons. The van der Waals surface area contributed by atoms with E-state index in [4.69, 9.17) is 0 Å². The van der Waals surface area contributed by atoms with E-state index >= 15 is 0 Å². The van der Waals surface area contributed by atoms with Crippen LogP contribution in [0.3, 0.4) is 0 Å². The molecule has 2 aromatic rings. The number of hydrogen-bond donors (Lipinski definition) is 0. The summed E-state index contributed by atoms with van der Waals surface area (Å²) >= 11 is 0. The van der Waals surface area contributed by atoms with Crippen LogP contribution in [-0.2, 0) is 21.2 Å². The Morgan fingerprint density at radius 2 is 1.71 bits per heavy atom. The van der Waals surface area contributed by atoms with E-state index in [1.54, 1.807) is 42.3 Å². The van der Waals surface area contributed by atoms with Crippen molar-refractivity contribution in [3.05, 3.63) is 59.7 Å². The SMILES string of the molecule is CN1C(=O)Cc2cc(S(=O)(=O)N3CCC(C(=O)c4ccccc4)CC3)ccc21. The molecule has 1 saturated heterocycles. The van der Waals surface area contributed by atoms with Gasteiger partial charge >= 0.3 is 0 Å². The molecule has 0 N–H and O–H groups in total. The van der Waals surface area contributed by atoms with Gasteiger partial charge in [0.25, 0.3) is 0 Å². The van der Waals surface area contributed by atoms with Gasteiger partial charge in [0.2, 0.25) is 15.9 Å². The molecule has 2 aliphatic rings. The van der Waals surface area contributed by atoms with Gasteiger partial charge in [0.05, 0.1) is 11.3 Å². The number of rotatable bonds is 4. The van der Waals surface area contributed by atoms with Crippen LogP contribution in [0, 0.1) is 5.92 Å². The second-order valence-corrected chi connectivity index (χ2v) is 9.27. The standard InChI is InChI=1S/C21H22N2O4S/c1-22-19-8-7-18(13-17(19)14-20(22)24)28(26,27)23-11-9-16(10-12-23)21(25)15-5-3-2-4-6-15/h2-8,13,16H,9-12,14H2,1H3. The van der Waals surface area contributed by atoms with Crippen LogP contribution in [0.1, 0.15) is 28.8 Å². The molecular formula is C21H22N2O4S. The van der Waals surface area contributed by atoms with Crippen molar-refractivity contribution in [3.63, 3.8) is 0 Å². The van der Waals surface area contributed by atoms with Crippen LogP contribution in [0.5, 0.6) is 0 Å². The third-order valence-corrected chi connectivity index (χ3v) is 7.54. The van der Waals surface area contributed by atoms with Crippen molar-refractivity contribution in [3.8, 4) is 0 Å². The van der Waals surface area contributed by atoms with Crippen LogP contribution in [0.25, 0.3) is 0 Å². The molecule has 0 bridgehead atoms. The number of anilines is 1. The lowest BCUT2D eigenvalue weighted by Gasteiger charge is -2.30. The molecular weight excluding hydrogens is 376 g/mol. The normalized spacial score (nSPS) is 18.3. The van der Waals surface area contributed by atoms with Crippen LogP contribution in [0.2, 0.25) is 0 Å². The van der Waals surface area contributed by atoms with E-state index in [1.165, 1.54) is 4.31 Å². The van der Waals surface area contributed by atoms with Crippen LogP contribution < -0.4 is 4.90 Å². The van der Waals surface area contributed by atoms with Crippen molar-refractivity contribution < 1.29 is 18.0 Å². The van der Waals surface area contributed by atoms with Crippen LogP contribution >= 0.6 is 0 Å². The molecule has 1 amide bonds. The molecule has 0 unspecified atom stereocenters. The molecule has 0 saturated carbocycles. The van der Waals surface area contributed by atoms with Gasteiger partial charge in [0, 0.05) is 37.3 Å². The van der Waals surface area contributed by atoms with E-state index in [1.807, 2.05) is 18.2 Å². The van der Waals surface area contributed by atoms with Gasteiger partial charge in [0.15, 0.2) is 5.78 Å². The molecule has 28 heavy (non-hydrogen) atoms. The van der Waals surface area contributed by atoms with Gasteiger partial charge in [-0.1, -0.05) is 30.3 Å². The second-order valence-electron chi connectivity index (χ2n) is 7.33. The molecule has 0 radical (unpaired) electrons. The summed E-state index contributed by atoms with van der Waals surface area (Å²) in [6, 6.07) is 14.0. The number of carbonyl (C=O) groups is 2. The Morgan fingerprint density at radius 3 is 2.39 bits per heavy atom. The minimum absolute atomic E-state index is 0.0372. The Morgan fingerprint density at radius 1 is 1.04 bits per heavy atom. The molecule has 7 heteroatoms. The zero-order chi connectivity index (χ0) is 19.9. The van der Waals surface area contributed by atoms with Gasteiger partial charge in [-0.25, -0.2) is 8.42 Å². The Labute approximate surface area is 164 Å².